The molecule has 0 aliphatic carbocycles. The van der Waals surface area contributed by atoms with Crippen LogP contribution in [0.4, 0.5) is 0 Å². The molecule has 9 heavy (non-hydrogen) atoms. The fourth-order valence-electron chi connectivity index (χ4n) is 0.524. The highest BCUT2D eigenvalue weighted by atomic mass is 35.5. The lowest BCUT2D eigenvalue weighted by Crippen LogP contribution is -2.21. The average Bonchev–Trinajstić information content (AvgIpc) is 1.59. The van der Waals surface area contributed by atoms with Gasteiger partial charge in [-0.3, -0.25) is 0 Å². The van der Waals surface area contributed by atoms with E-state index in [1.807, 2.05) is 0 Å². The lowest BCUT2D eigenvalue weighted by molar-refractivity contribution is 0.880. The normalized spacial score (nSPS) is 26.3. The molecule has 1 aliphatic heterocycles. The first-order valence-corrected chi connectivity index (χ1v) is 3.53. The minimum Gasteiger partial charge on any atom is -0.357 e. The number of hydrogen-bond acceptors (Lipinski definition) is 1. The van der Waals surface area contributed by atoms with E-state index in [9.17, 15) is 0 Å². The fraction of sp³-hybridized carbons (Fsp3) is 0.200. The second-order valence-corrected chi connectivity index (χ2v) is 2.90. The molecule has 0 aromatic rings. The monoisotopic (exact) mass is 183 g/mol. The fourth-order valence-corrected chi connectivity index (χ4v) is 1.42. The van der Waals surface area contributed by atoms with E-state index < -0.39 is 0 Å². The average molecular weight is 184 g/mol. The molecule has 0 aromatic heterocycles. The van der Waals surface area contributed by atoms with Crippen molar-refractivity contribution in [2.24, 2.45) is 0 Å². The summed E-state index contributed by atoms with van der Waals surface area (Å²) in [4.78, 5) is 0. The lowest BCUT2D eigenvalue weighted by Gasteiger charge is -2.12. The zero-order chi connectivity index (χ0) is 6.85. The quantitative estimate of drug-likeness (QED) is 0.450. The van der Waals surface area contributed by atoms with E-state index in [0.717, 1.165) is 0 Å². The van der Waals surface area contributed by atoms with Gasteiger partial charge in [0.05, 0.1) is 0 Å². The number of halogens is 3. The summed E-state index contributed by atoms with van der Waals surface area (Å²) in [5.41, 5.74) is -0.282. The van der Waals surface area contributed by atoms with Gasteiger partial charge in [0.2, 0.25) is 0 Å². The second-order valence-electron chi connectivity index (χ2n) is 1.59. The molecule has 1 aliphatic rings. The van der Waals surface area contributed by atoms with Crippen molar-refractivity contribution in [1.29, 1.82) is 0 Å². The predicted octanol–water partition coefficient (Wildman–Crippen LogP) is 2.36. The van der Waals surface area contributed by atoms with Crippen LogP contribution in [0.2, 0.25) is 0 Å². The third-order valence-corrected chi connectivity index (χ3v) is 1.53. The molecule has 4 heteroatoms. The highest BCUT2D eigenvalue weighted by molar-refractivity contribution is 6.36. The van der Waals surface area contributed by atoms with Crippen molar-refractivity contribution in [3.05, 3.63) is 22.3 Å². The smallest absolute Gasteiger partial charge is 0.122 e. The minimum atomic E-state index is -0.282. The van der Waals surface area contributed by atoms with Crippen LogP contribution >= 0.6 is 34.8 Å². The van der Waals surface area contributed by atoms with E-state index in [-0.39, 0.29) is 5.50 Å². The van der Waals surface area contributed by atoms with Crippen LogP contribution in [0.3, 0.4) is 0 Å². The number of allylic oxidation sites excluding steroid dienone is 2. The van der Waals surface area contributed by atoms with Crippen molar-refractivity contribution >= 4 is 34.8 Å². The summed E-state index contributed by atoms with van der Waals surface area (Å²) in [7, 11) is 0. The Morgan fingerprint density at radius 3 is 2.56 bits per heavy atom. The Balaban J connectivity index is 2.74. The highest BCUT2D eigenvalue weighted by Gasteiger charge is 2.07. The van der Waals surface area contributed by atoms with Crippen LogP contribution in [-0.2, 0) is 0 Å². The number of nitrogens with one attached hydrogen (secondary N) is 1. The number of rotatable bonds is 0. The molecule has 0 bridgehead atoms. The summed E-state index contributed by atoms with van der Waals surface area (Å²) >= 11 is 16.7. The number of alkyl halides is 1. The third-order valence-electron chi connectivity index (χ3n) is 0.846. The van der Waals surface area contributed by atoms with Crippen LogP contribution in [0.5, 0.6) is 0 Å². The summed E-state index contributed by atoms with van der Waals surface area (Å²) in [6.45, 7) is 0. The van der Waals surface area contributed by atoms with Crippen molar-refractivity contribution in [1.82, 2.24) is 5.32 Å². The first-order chi connectivity index (χ1) is 4.18. The first-order valence-electron chi connectivity index (χ1n) is 2.33. The molecule has 1 N–H and O–H groups in total. The Kier molecular flexibility index (Phi) is 2.28. The van der Waals surface area contributed by atoms with Crippen LogP contribution in [0.1, 0.15) is 0 Å². The van der Waals surface area contributed by atoms with Crippen LogP contribution in [0.15, 0.2) is 22.3 Å². The van der Waals surface area contributed by atoms with E-state index in [0.29, 0.717) is 10.2 Å². The second kappa shape index (κ2) is 2.82. The SMILES string of the molecule is ClC1=CC(Cl)NC(Cl)=C1. The summed E-state index contributed by atoms with van der Waals surface area (Å²) in [5, 5.41) is 3.78. The van der Waals surface area contributed by atoms with E-state index in [4.69, 9.17) is 34.8 Å². The van der Waals surface area contributed by atoms with Gasteiger partial charge >= 0.3 is 0 Å². The van der Waals surface area contributed by atoms with Gasteiger partial charge in [0.1, 0.15) is 10.7 Å². The van der Waals surface area contributed by atoms with Crippen molar-refractivity contribution in [2.45, 2.75) is 5.50 Å². The Labute approximate surface area is 68.3 Å². The third kappa shape index (κ3) is 2.09. The van der Waals surface area contributed by atoms with Crippen molar-refractivity contribution in [3.8, 4) is 0 Å². The maximum atomic E-state index is 5.61. The van der Waals surface area contributed by atoms with Crippen LogP contribution < -0.4 is 5.32 Å². The molecule has 1 atom stereocenters. The number of hydrogen-bond donors (Lipinski definition) is 1. The summed E-state index contributed by atoms with van der Waals surface area (Å²) in [6.07, 6.45) is 3.26. The van der Waals surface area contributed by atoms with Gasteiger partial charge in [-0.05, 0) is 12.2 Å². The Hall–Kier alpha value is 0.150. The highest BCUT2D eigenvalue weighted by Crippen LogP contribution is 2.17. The van der Waals surface area contributed by atoms with Crippen molar-refractivity contribution in [2.75, 3.05) is 0 Å². The van der Waals surface area contributed by atoms with Gasteiger partial charge in [-0.1, -0.05) is 34.8 Å². The van der Waals surface area contributed by atoms with Gasteiger partial charge in [0.15, 0.2) is 0 Å². The molecule has 1 nitrogen and oxygen atoms in total. The van der Waals surface area contributed by atoms with E-state index in [1.165, 1.54) is 0 Å². The topological polar surface area (TPSA) is 12.0 Å². The van der Waals surface area contributed by atoms with Crippen molar-refractivity contribution in [3.63, 3.8) is 0 Å². The summed E-state index contributed by atoms with van der Waals surface area (Å²) < 4.78 is 0. The molecule has 50 valence electrons. The largest absolute Gasteiger partial charge is 0.357 e. The van der Waals surface area contributed by atoms with Crippen LogP contribution in [-0.4, -0.2) is 5.50 Å². The molecule has 1 unspecified atom stereocenters. The van der Waals surface area contributed by atoms with Gasteiger partial charge in [0.25, 0.3) is 0 Å². The first kappa shape index (κ1) is 7.26. The molecule has 0 saturated carbocycles. The maximum Gasteiger partial charge on any atom is 0.122 e. The van der Waals surface area contributed by atoms with E-state index in [2.05, 4.69) is 5.32 Å². The summed E-state index contributed by atoms with van der Waals surface area (Å²) in [5.74, 6) is 0. The van der Waals surface area contributed by atoms with Gasteiger partial charge in [-0.15, -0.1) is 0 Å². The van der Waals surface area contributed by atoms with Gasteiger partial charge < -0.3 is 5.32 Å². The standard InChI is InChI=1S/C5H4Cl3N/c6-3-1-4(7)9-5(8)2-3/h1-2,4,9H. The molecular formula is C5H4Cl3N. The predicted molar refractivity (Wildman–Crippen MR) is 40.6 cm³/mol. The van der Waals surface area contributed by atoms with E-state index in [1.54, 1.807) is 12.2 Å². The maximum absolute atomic E-state index is 5.61. The zero-order valence-corrected chi connectivity index (χ0v) is 6.63. The minimum absolute atomic E-state index is 0.282. The van der Waals surface area contributed by atoms with Gasteiger partial charge in [-0.25, -0.2) is 0 Å². The molecule has 0 saturated heterocycles. The van der Waals surface area contributed by atoms with Crippen molar-refractivity contribution < 1.29 is 0 Å². The Bertz CT molecular complexity index is 173. The summed E-state index contributed by atoms with van der Waals surface area (Å²) in [6, 6.07) is 0. The van der Waals surface area contributed by atoms with E-state index >= 15 is 0 Å². The molecule has 0 aromatic carbocycles. The molecule has 0 amide bonds. The van der Waals surface area contributed by atoms with Gasteiger partial charge in [0, 0.05) is 5.03 Å². The molecule has 0 fully saturated rings. The molecule has 1 rings (SSSR count). The van der Waals surface area contributed by atoms with Gasteiger partial charge in [-0.2, -0.15) is 0 Å². The lowest BCUT2D eigenvalue weighted by atomic mass is 10.4. The Morgan fingerprint density at radius 1 is 1.44 bits per heavy atom. The van der Waals surface area contributed by atoms with Crippen LogP contribution in [0, 0.1) is 0 Å². The molecule has 0 spiro atoms. The van der Waals surface area contributed by atoms with Crippen LogP contribution in [0.25, 0.3) is 0 Å². The Morgan fingerprint density at radius 2 is 2.11 bits per heavy atom. The molecular weight excluding hydrogens is 180 g/mol. The number of dihydropyridines is 1. The molecule has 1 heterocycles. The zero-order valence-electron chi connectivity index (χ0n) is 4.37. The molecule has 0 radical (unpaired) electrons.